The Morgan fingerprint density at radius 3 is 2.88 bits per heavy atom. The highest BCUT2D eigenvalue weighted by atomic mass is 35.5. The second-order valence-corrected chi connectivity index (χ2v) is 3.88. The van der Waals surface area contributed by atoms with E-state index in [1.54, 1.807) is 25.1 Å². The molecule has 1 unspecified atom stereocenters. The average Bonchev–Trinajstić information content (AvgIpc) is 2.27. The van der Waals surface area contributed by atoms with Crippen molar-refractivity contribution in [2.45, 2.75) is 6.92 Å². The minimum Gasteiger partial charge on any atom is -0.495 e. The van der Waals surface area contributed by atoms with Crippen LogP contribution >= 0.6 is 11.6 Å². The molecule has 16 heavy (non-hydrogen) atoms. The van der Waals surface area contributed by atoms with Gasteiger partial charge in [0.15, 0.2) is 0 Å². The lowest BCUT2D eigenvalue weighted by Crippen LogP contribution is -2.19. The van der Waals surface area contributed by atoms with Gasteiger partial charge in [-0.1, -0.05) is 18.5 Å². The molecule has 4 nitrogen and oxygen atoms in total. The molecule has 0 aliphatic heterocycles. The van der Waals surface area contributed by atoms with Gasteiger partial charge in [0.2, 0.25) is 0 Å². The molecule has 0 amide bonds. The van der Waals surface area contributed by atoms with Gasteiger partial charge < -0.3 is 15.2 Å². The highest BCUT2D eigenvalue weighted by molar-refractivity contribution is 6.32. The highest BCUT2D eigenvalue weighted by Gasteiger charge is 2.10. The van der Waals surface area contributed by atoms with Crippen LogP contribution in [0.3, 0.4) is 0 Å². The van der Waals surface area contributed by atoms with Crippen molar-refractivity contribution < 1.29 is 14.6 Å². The van der Waals surface area contributed by atoms with Crippen LogP contribution < -0.4 is 10.1 Å². The van der Waals surface area contributed by atoms with Crippen LogP contribution in [0.4, 0.5) is 5.69 Å². The van der Waals surface area contributed by atoms with Crippen LogP contribution in [0.25, 0.3) is 0 Å². The first-order valence-corrected chi connectivity index (χ1v) is 5.22. The molecule has 2 N–H and O–H groups in total. The van der Waals surface area contributed by atoms with Crippen molar-refractivity contribution in [1.82, 2.24) is 0 Å². The molecular formula is C11H14ClNO3. The van der Waals surface area contributed by atoms with E-state index in [0.29, 0.717) is 17.3 Å². The number of rotatable bonds is 5. The molecular weight excluding hydrogens is 230 g/mol. The lowest BCUT2D eigenvalue weighted by molar-refractivity contribution is -0.140. The summed E-state index contributed by atoms with van der Waals surface area (Å²) < 4.78 is 5.05. The quantitative estimate of drug-likeness (QED) is 0.834. The molecule has 0 aromatic heterocycles. The van der Waals surface area contributed by atoms with E-state index in [1.165, 1.54) is 7.11 Å². The number of benzene rings is 1. The van der Waals surface area contributed by atoms with Gasteiger partial charge in [0, 0.05) is 18.3 Å². The Labute approximate surface area is 99.2 Å². The first kappa shape index (κ1) is 12.6. The SMILES string of the molecule is COc1cc(NCC(C)C(=O)O)ccc1Cl. The molecule has 1 aromatic carbocycles. The number of halogens is 1. The summed E-state index contributed by atoms with van der Waals surface area (Å²) in [5, 5.41) is 12.3. The number of aliphatic carboxylic acids is 1. The van der Waals surface area contributed by atoms with E-state index in [-0.39, 0.29) is 0 Å². The fraction of sp³-hybridized carbons (Fsp3) is 0.364. The smallest absolute Gasteiger partial charge is 0.308 e. The Bertz CT molecular complexity index is 381. The van der Waals surface area contributed by atoms with Crippen molar-refractivity contribution in [1.29, 1.82) is 0 Å². The summed E-state index contributed by atoms with van der Waals surface area (Å²) >= 11 is 5.86. The number of hydrogen-bond acceptors (Lipinski definition) is 3. The van der Waals surface area contributed by atoms with E-state index in [9.17, 15) is 4.79 Å². The monoisotopic (exact) mass is 243 g/mol. The molecule has 0 saturated carbocycles. The Morgan fingerprint density at radius 1 is 1.62 bits per heavy atom. The van der Waals surface area contributed by atoms with E-state index in [4.69, 9.17) is 21.4 Å². The summed E-state index contributed by atoms with van der Waals surface area (Å²) in [5.74, 6) is -0.704. The molecule has 1 aromatic rings. The Morgan fingerprint density at radius 2 is 2.31 bits per heavy atom. The fourth-order valence-corrected chi connectivity index (χ4v) is 1.32. The minimum atomic E-state index is -0.826. The number of ether oxygens (including phenoxy) is 1. The van der Waals surface area contributed by atoms with Crippen LogP contribution in [0.5, 0.6) is 5.75 Å². The molecule has 88 valence electrons. The normalized spacial score (nSPS) is 11.9. The third kappa shape index (κ3) is 3.31. The van der Waals surface area contributed by atoms with Crippen LogP contribution in [0.15, 0.2) is 18.2 Å². The van der Waals surface area contributed by atoms with Crippen molar-refractivity contribution in [2.24, 2.45) is 5.92 Å². The molecule has 0 saturated heterocycles. The number of carboxylic acid groups (broad SMARTS) is 1. The summed E-state index contributed by atoms with van der Waals surface area (Å²) in [6.07, 6.45) is 0. The second kappa shape index (κ2) is 5.61. The van der Waals surface area contributed by atoms with E-state index in [0.717, 1.165) is 5.69 Å². The predicted molar refractivity (Wildman–Crippen MR) is 63.3 cm³/mol. The van der Waals surface area contributed by atoms with Gasteiger partial charge in [-0.2, -0.15) is 0 Å². The van der Waals surface area contributed by atoms with Crippen molar-refractivity contribution in [3.05, 3.63) is 23.2 Å². The summed E-state index contributed by atoms with van der Waals surface area (Å²) in [6.45, 7) is 2.00. The number of carbonyl (C=O) groups is 1. The third-order valence-electron chi connectivity index (χ3n) is 2.19. The Kier molecular flexibility index (Phi) is 4.43. The maximum absolute atomic E-state index is 10.6. The standard InChI is InChI=1S/C11H14ClNO3/c1-7(11(14)15)6-13-8-3-4-9(12)10(5-8)16-2/h3-5,7,13H,6H2,1-2H3,(H,14,15). The molecule has 0 heterocycles. The maximum atomic E-state index is 10.6. The summed E-state index contributed by atoms with van der Waals surface area (Å²) in [7, 11) is 1.53. The maximum Gasteiger partial charge on any atom is 0.308 e. The first-order chi connectivity index (χ1) is 7.54. The van der Waals surface area contributed by atoms with Gasteiger partial charge in [-0.3, -0.25) is 4.79 Å². The van der Waals surface area contributed by atoms with Gasteiger partial charge in [-0.15, -0.1) is 0 Å². The molecule has 0 radical (unpaired) electrons. The van der Waals surface area contributed by atoms with Gasteiger partial charge in [-0.25, -0.2) is 0 Å². The summed E-state index contributed by atoms with van der Waals surface area (Å²) in [5.41, 5.74) is 0.786. The Hall–Kier alpha value is -1.42. The van der Waals surface area contributed by atoms with Crippen LogP contribution in [0.2, 0.25) is 5.02 Å². The third-order valence-corrected chi connectivity index (χ3v) is 2.50. The molecule has 0 bridgehead atoms. The molecule has 1 rings (SSSR count). The molecule has 5 heteroatoms. The summed E-state index contributed by atoms with van der Waals surface area (Å²) in [4.78, 5) is 10.6. The van der Waals surface area contributed by atoms with Crippen LogP contribution in [0.1, 0.15) is 6.92 Å². The van der Waals surface area contributed by atoms with Crippen LogP contribution in [-0.4, -0.2) is 24.7 Å². The molecule has 0 aliphatic rings. The summed E-state index contributed by atoms with van der Waals surface area (Å²) in [6, 6.07) is 5.21. The largest absolute Gasteiger partial charge is 0.495 e. The van der Waals surface area contributed by atoms with E-state index in [1.807, 2.05) is 0 Å². The van der Waals surface area contributed by atoms with Gasteiger partial charge in [0.25, 0.3) is 0 Å². The van der Waals surface area contributed by atoms with Crippen molar-refractivity contribution in [2.75, 3.05) is 19.0 Å². The van der Waals surface area contributed by atoms with Crippen molar-refractivity contribution >= 4 is 23.3 Å². The number of anilines is 1. The van der Waals surface area contributed by atoms with Gasteiger partial charge in [-0.05, 0) is 12.1 Å². The predicted octanol–water partition coefficient (Wildman–Crippen LogP) is 2.48. The second-order valence-electron chi connectivity index (χ2n) is 3.47. The molecule has 0 fully saturated rings. The molecule has 0 spiro atoms. The lowest BCUT2D eigenvalue weighted by atomic mass is 10.2. The van der Waals surface area contributed by atoms with Gasteiger partial charge in [0.1, 0.15) is 5.75 Å². The highest BCUT2D eigenvalue weighted by Crippen LogP contribution is 2.27. The molecule has 0 aliphatic carbocycles. The van der Waals surface area contributed by atoms with Gasteiger partial charge in [0.05, 0.1) is 18.1 Å². The van der Waals surface area contributed by atoms with Gasteiger partial charge >= 0.3 is 5.97 Å². The van der Waals surface area contributed by atoms with Crippen LogP contribution in [0, 0.1) is 5.92 Å². The topological polar surface area (TPSA) is 58.6 Å². The zero-order valence-corrected chi connectivity index (χ0v) is 9.91. The number of nitrogens with one attached hydrogen (secondary N) is 1. The first-order valence-electron chi connectivity index (χ1n) is 4.84. The average molecular weight is 244 g/mol. The number of carboxylic acids is 1. The fourth-order valence-electron chi connectivity index (χ4n) is 1.13. The zero-order valence-electron chi connectivity index (χ0n) is 9.16. The van der Waals surface area contributed by atoms with E-state index < -0.39 is 11.9 Å². The van der Waals surface area contributed by atoms with Crippen molar-refractivity contribution in [3.63, 3.8) is 0 Å². The van der Waals surface area contributed by atoms with Crippen molar-refractivity contribution in [3.8, 4) is 5.75 Å². The Balaban J connectivity index is 2.64. The van der Waals surface area contributed by atoms with E-state index in [2.05, 4.69) is 5.32 Å². The lowest BCUT2D eigenvalue weighted by Gasteiger charge is -2.11. The number of hydrogen-bond donors (Lipinski definition) is 2. The number of methoxy groups -OCH3 is 1. The minimum absolute atomic E-state index is 0.361. The zero-order chi connectivity index (χ0) is 12.1. The van der Waals surface area contributed by atoms with Crippen LogP contribution in [-0.2, 0) is 4.79 Å². The molecule has 1 atom stereocenters. The van der Waals surface area contributed by atoms with E-state index >= 15 is 0 Å².